The van der Waals surface area contributed by atoms with E-state index in [9.17, 15) is 33.9 Å². The molecule has 0 heterocycles. The van der Waals surface area contributed by atoms with Gasteiger partial charge in [-0.1, -0.05) is 70.9 Å². The minimum atomic E-state index is -1.21. The van der Waals surface area contributed by atoms with E-state index < -0.39 is 59.9 Å². The lowest BCUT2D eigenvalue weighted by molar-refractivity contribution is -0.136. The Balaban J connectivity index is 3.09. The van der Waals surface area contributed by atoms with Crippen molar-refractivity contribution in [2.24, 2.45) is 29.4 Å². The monoisotopic (exact) mass is 631 g/mol. The Bertz CT molecular complexity index is 1130. The van der Waals surface area contributed by atoms with Crippen LogP contribution in [0.4, 0.5) is 0 Å². The number of aliphatic hydroxyl groups is 1. The van der Waals surface area contributed by atoms with Crippen LogP contribution in [0.15, 0.2) is 30.3 Å². The second-order valence-electron chi connectivity index (χ2n) is 11.8. The number of primary amides is 1. The van der Waals surface area contributed by atoms with Crippen LogP contribution in [0.5, 0.6) is 0 Å². The van der Waals surface area contributed by atoms with Crippen molar-refractivity contribution in [2.75, 3.05) is 20.7 Å². The second-order valence-corrected chi connectivity index (χ2v) is 11.8. The van der Waals surface area contributed by atoms with Crippen molar-refractivity contribution in [3.8, 4) is 0 Å². The Kier molecular flexibility index (Phi) is 17.9. The highest BCUT2D eigenvalue weighted by Gasteiger charge is 2.34. The van der Waals surface area contributed by atoms with Gasteiger partial charge in [-0.25, -0.2) is 0 Å². The molecule has 252 valence electrons. The lowest BCUT2D eigenvalue weighted by Crippen LogP contribution is -2.53. The second kappa shape index (κ2) is 20.4. The first-order valence-electron chi connectivity index (χ1n) is 15.8. The molecule has 0 aliphatic heterocycles. The normalized spacial score (nSPS) is 15.8. The zero-order chi connectivity index (χ0) is 34.1. The number of hydrogen-bond acceptors (Lipinski definition) is 8. The quantitative estimate of drug-likeness (QED) is 0.109. The summed E-state index contributed by atoms with van der Waals surface area (Å²) >= 11 is 0. The van der Waals surface area contributed by atoms with Gasteiger partial charge >= 0.3 is 0 Å². The molecule has 0 aromatic heterocycles. The number of Topliss-reactive ketones (excluding diaryl/α,β-unsaturated/α-hetero) is 2. The number of rotatable bonds is 22. The first-order chi connectivity index (χ1) is 21.3. The van der Waals surface area contributed by atoms with Crippen LogP contribution in [0.1, 0.15) is 71.8 Å². The number of nitrogens with one attached hydrogen (secondary N) is 4. The van der Waals surface area contributed by atoms with E-state index in [4.69, 9.17) is 5.73 Å². The smallest absolute Gasteiger partial charge is 0.238 e. The van der Waals surface area contributed by atoms with Gasteiger partial charge in [0.05, 0.1) is 30.7 Å². The Labute approximate surface area is 267 Å². The molecule has 12 heteroatoms. The molecule has 0 bridgehead atoms. The predicted octanol–water partition coefficient (Wildman–Crippen LogP) is 1.03. The van der Waals surface area contributed by atoms with E-state index in [-0.39, 0.29) is 49.3 Å². The molecule has 1 aromatic carbocycles. The van der Waals surface area contributed by atoms with Gasteiger partial charge in [0.1, 0.15) is 0 Å². The number of carbonyl (C=O) groups excluding carboxylic acids is 6. The van der Waals surface area contributed by atoms with Crippen LogP contribution in [-0.4, -0.2) is 79.1 Å². The van der Waals surface area contributed by atoms with E-state index in [1.807, 2.05) is 58.0 Å². The average molecular weight is 632 g/mol. The molecule has 7 N–H and O–H groups in total. The van der Waals surface area contributed by atoms with Crippen molar-refractivity contribution in [1.29, 1.82) is 0 Å². The highest BCUT2D eigenvalue weighted by Crippen LogP contribution is 2.22. The molecule has 7 atom stereocenters. The summed E-state index contributed by atoms with van der Waals surface area (Å²) in [4.78, 5) is 77.4. The van der Waals surface area contributed by atoms with Crippen molar-refractivity contribution in [1.82, 2.24) is 21.3 Å². The highest BCUT2D eigenvalue weighted by molar-refractivity contribution is 5.96. The predicted molar refractivity (Wildman–Crippen MR) is 172 cm³/mol. The largest absolute Gasteiger partial charge is 0.396 e. The molecule has 0 radical (unpaired) electrons. The molecule has 0 spiro atoms. The molecule has 0 aliphatic rings. The van der Waals surface area contributed by atoms with Crippen molar-refractivity contribution >= 4 is 35.2 Å². The molecule has 45 heavy (non-hydrogen) atoms. The van der Waals surface area contributed by atoms with Crippen LogP contribution in [-0.2, 0) is 35.2 Å². The number of carbonyl (C=O) groups is 6. The summed E-state index contributed by atoms with van der Waals surface area (Å²) in [6.07, 6.45) is 0.792. The fraction of sp³-hybridized carbons (Fsp3) is 0.636. The van der Waals surface area contributed by atoms with Gasteiger partial charge in [-0.05, 0) is 37.3 Å². The van der Waals surface area contributed by atoms with E-state index in [0.717, 1.165) is 5.56 Å². The highest BCUT2D eigenvalue weighted by atomic mass is 16.3. The van der Waals surface area contributed by atoms with Gasteiger partial charge in [0.15, 0.2) is 11.6 Å². The Hall–Kier alpha value is -3.64. The van der Waals surface area contributed by atoms with Crippen molar-refractivity contribution in [2.45, 2.75) is 90.8 Å². The number of benzene rings is 1. The van der Waals surface area contributed by atoms with Gasteiger partial charge in [-0.2, -0.15) is 0 Å². The maximum absolute atomic E-state index is 13.5. The topological polar surface area (TPSA) is 197 Å². The van der Waals surface area contributed by atoms with E-state index in [0.29, 0.717) is 19.3 Å². The van der Waals surface area contributed by atoms with Crippen LogP contribution in [0.25, 0.3) is 0 Å². The number of hydrogen-bond donors (Lipinski definition) is 6. The third kappa shape index (κ3) is 13.1. The Morgan fingerprint density at radius 3 is 1.93 bits per heavy atom. The fourth-order valence-corrected chi connectivity index (χ4v) is 5.09. The maximum Gasteiger partial charge on any atom is 0.238 e. The van der Waals surface area contributed by atoms with Gasteiger partial charge in [0, 0.05) is 32.2 Å². The number of ketones is 2. The number of amides is 4. The van der Waals surface area contributed by atoms with E-state index in [1.165, 1.54) is 7.05 Å². The minimum Gasteiger partial charge on any atom is -0.396 e. The summed E-state index contributed by atoms with van der Waals surface area (Å²) in [6.45, 7) is 6.77. The zero-order valence-corrected chi connectivity index (χ0v) is 27.6. The fourth-order valence-electron chi connectivity index (χ4n) is 5.09. The molecular weight excluding hydrogens is 578 g/mol. The third-order valence-corrected chi connectivity index (χ3v) is 8.56. The summed E-state index contributed by atoms with van der Waals surface area (Å²) in [5.41, 5.74) is 6.25. The summed E-state index contributed by atoms with van der Waals surface area (Å²) in [7, 11) is 3.14. The lowest BCUT2D eigenvalue weighted by atomic mass is 9.84. The van der Waals surface area contributed by atoms with Gasteiger partial charge in [0.25, 0.3) is 0 Å². The molecule has 0 saturated carbocycles. The zero-order valence-electron chi connectivity index (χ0n) is 27.6. The Morgan fingerprint density at radius 1 is 0.800 bits per heavy atom. The van der Waals surface area contributed by atoms with E-state index >= 15 is 0 Å². The maximum atomic E-state index is 13.5. The summed E-state index contributed by atoms with van der Waals surface area (Å²) in [5, 5.41) is 21.1. The van der Waals surface area contributed by atoms with Crippen LogP contribution in [0.2, 0.25) is 0 Å². The minimum absolute atomic E-state index is 0.0919. The Morgan fingerprint density at radius 2 is 1.42 bits per heavy atom. The molecule has 0 fully saturated rings. The molecular formula is C33H53N5O7. The SMILES string of the molecule is CC[C@H](C)[C@H](NC(=O)[C@@H](Cc1ccccc1)NC)C(=O)C[C@@H](CO)C(=O)N[C@H](CCC(N)=O)C(=O)C[C@@H](C(=O)NC)[C@@H](C)CC. The van der Waals surface area contributed by atoms with Crippen LogP contribution in [0.3, 0.4) is 0 Å². The van der Waals surface area contributed by atoms with Crippen LogP contribution >= 0.6 is 0 Å². The van der Waals surface area contributed by atoms with Crippen LogP contribution in [0, 0.1) is 23.7 Å². The third-order valence-electron chi connectivity index (χ3n) is 8.56. The number of aliphatic hydroxyl groups excluding tert-OH is 1. The molecule has 1 rings (SSSR count). The molecule has 12 nitrogen and oxygen atoms in total. The number of nitrogens with two attached hydrogens (primary N) is 1. The molecule has 4 amide bonds. The number of likely N-dealkylation sites (N-methyl/N-ethyl adjacent to an activating group) is 1. The van der Waals surface area contributed by atoms with Gasteiger partial charge < -0.3 is 32.1 Å². The van der Waals surface area contributed by atoms with Crippen molar-refractivity contribution in [3.05, 3.63) is 35.9 Å². The van der Waals surface area contributed by atoms with Gasteiger partial charge in [-0.15, -0.1) is 0 Å². The first-order valence-corrected chi connectivity index (χ1v) is 15.8. The summed E-state index contributed by atoms with van der Waals surface area (Å²) < 4.78 is 0. The summed E-state index contributed by atoms with van der Waals surface area (Å²) in [6, 6.07) is 6.79. The summed E-state index contributed by atoms with van der Waals surface area (Å²) in [5.74, 6) is -5.21. The van der Waals surface area contributed by atoms with Gasteiger partial charge in [-0.3, -0.25) is 28.8 Å². The molecule has 1 aromatic rings. The van der Waals surface area contributed by atoms with Crippen LogP contribution < -0.4 is 27.0 Å². The molecule has 0 unspecified atom stereocenters. The van der Waals surface area contributed by atoms with Crippen molar-refractivity contribution in [3.63, 3.8) is 0 Å². The molecule has 0 aliphatic carbocycles. The lowest BCUT2D eigenvalue weighted by Gasteiger charge is -2.28. The first kappa shape index (κ1) is 39.4. The average Bonchev–Trinajstić information content (AvgIpc) is 3.04. The molecule has 0 saturated heterocycles. The van der Waals surface area contributed by atoms with Gasteiger partial charge in [0.2, 0.25) is 23.6 Å². The van der Waals surface area contributed by atoms with E-state index in [1.54, 1.807) is 7.05 Å². The van der Waals surface area contributed by atoms with E-state index in [2.05, 4.69) is 21.3 Å². The standard InChI is InChI=1S/C33H53N5O7/c1-7-20(3)24(32(44)36-6)18-27(40)25(14-15-29(34)42)37-31(43)23(19-39)17-28(41)30(21(4)8-2)38-33(45)26(35-5)16-22-12-10-9-11-13-22/h9-13,20-21,23-26,30,35,39H,7-8,14-19H2,1-6H3,(H2,34,42)(H,36,44)(H,37,43)(H,38,45)/t20-,21-,23-,24+,25+,26+,30-/m0/s1. The van der Waals surface area contributed by atoms with Crippen molar-refractivity contribution < 1.29 is 33.9 Å².